The van der Waals surface area contributed by atoms with Gasteiger partial charge in [0.1, 0.15) is 5.78 Å². The van der Waals surface area contributed by atoms with Gasteiger partial charge in [0.25, 0.3) is 5.69 Å². The van der Waals surface area contributed by atoms with E-state index in [0.717, 1.165) is 12.8 Å². The number of hydrogen-bond acceptors (Lipinski definition) is 3. The molecule has 0 aliphatic heterocycles. The summed E-state index contributed by atoms with van der Waals surface area (Å²) in [6, 6.07) is 6.59. The van der Waals surface area contributed by atoms with Gasteiger partial charge in [-0.1, -0.05) is 25.1 Å². The number of benzene rings is 1. The van der Waals surface area contributed by atoms with E-state index >= 15 is 0 Å². The molecule has 1 fully saturated rings. The molecule has 0 bridgehead atoms. The molecular weight excluding hydrogens is 218 g/mol. The smallest absolute Gasteiger partial charge is 0.273 e. The predicted octanol–water partition coefficient (Wildman–Crippen LogP) is 3.07. The highest BCUT2D eigenvalue weighted by atomic mass is 16.6. The van der Waals surface area contributed by atoms with Crippen molar-refractivity contribution >= 4 is 11.5 Å². The van der Waals surface area contributed by atoms with Gasteiger partial charge < -0.3 is 0 Å². The fourth-order valence-corrected chi connectivity index (χ4v) is 2.63. The molecule has 1 saturated carbocycles. The average Bonchev–Trinajstić information content (AvgIpc) is 2.29. The maximum absolute atomic E-state index is 12.0. The largest absolute Gasteiger partial charge is 0.299 e. The van der Waals surface area contributed by atoms with E-state index in [4.69, 9.17) is 0 Å². The molecule has 0 heterocycles. The van der Waals surface area contributed by atoms with Gasteiger partial charge in [-0.3, -0.25) is 14.9 Å². The summed E-state index contributed by atoms with van der Waals surface area (Å²) in [6.45, 7) is 2.00. The second kappa shape index (κ2) is 4.65. The fourth-order valence-electron chi connectivity index (χ4n) is 2.63. The van der Waals surface area contributed by atoms with E-state index in [2.05, 4.69) is 0 Å². The summed E-state index contributed by atoms with van der Waals surface area (Å²) in [5.41, 5.74) is 0.648. The highest BCUT2D eigenvalue weighted by Crippen LogP contribution is 2.38. The number of nitro benzene ring substituents is 1. The molecular formula is C13H15NO3. The molecule has 2 rings (SSSR count). The standard InChI is InChI=1S/C13H15NO3/c1-9-5-4-8-12(15)13(9)10-6-2-3-7-11(10)14(16)17/h2-3,6-7,9,13H,4-5,8H2,1H3. The Balaban J connectivity index is 2.44. The first-order valence-corrected chi connectivity index (χ1v) is 5.87. The van der Waals surface area contributed by atoms with Gasteiger partial charge in [-0.15, -0.1) is 0 Å². The van der Waals surface area contributed by atoms with Gasteiger partial charge in [-0.25, -0.2) is 0 Å². The van der Waals surface area contributed by atoms with Crippen LogP contribution in [0.25, 0.3) is 0 Å². The van der Waals surface area contributed by atoms with Crippen LogP contribution in [0.5, 0.6) is 0 Å². The van der Waals surface area contributed by atoms with Gasteiger partial charge in [0, 0.05) is 18.1 Å². The summed E-state index contributed by atoms with van der Waals surface area (Å²) in [7, 11) is 0. The molecule has 4 heteroatoms. The van der Waals surface area contributed by atoms with Crippen LogP contribution in [0.1, 0.15) is 37.7 Å². The zero-order chi connectivity index (χ0) is 12.4. The van der Waals surface area contributed by atoms with Crippen LogP contribution in [-0.2, 0) is 4.79 Å². The summed E-state index contributed by atoms with van der Waals surface area (Å²) in [5.74, 6) is 0.0285. The SMILES string of the molecule is CC1CCCC(=O)C1c1ccccc1[N+](=O)[O-]. The van der Waals surface area contributed by atoms with E-state index in [-0.39, 0.29) is 23.3 Å². The van der Waals surface area contributed by atoms with Crippen LogP contribution in [0.4, 0.5) is 5.69 Å². The molecule has 1 aliphatic carbocycles. The van der Waals surface area contributed by atoms with Gasteiger partial charge in [0.05, 0.1) is 10.8 Å². The Morgan fingerprint density at radius 1 is 1.35 bits per heavy atom. The van der Waals surface area contributed by atoms with Crippen LogP contribution in [0.2, 0.25) is 0 Å². The van der Waals surface area contributed by atoms with Crippen molar-refractivity contribution in [2.45, 2.75) is 32.1 Å². The van der Waals surface area contributed by atoms with Crippen LogP contribution in [0.3, 0.4) is 0 Å². The van der Waals surface area contributed by atoms with Crippen molar-refractivity contribution in [2.75, 3.05) is 0 Å². The maximum Gasteiger partial charge on any atom is 0.273 e. The van der Waals surface area contributed by atoms with Gasteiger partial charge in [0.15, 0.2) is 0 Å². The van der Waals surface area contributed by atoms with E-state index in [1.807, 2.05) is 6.92 Å². The minimum Gasteiger partial charge on any atom is -0.299 e. The Hall–Kier alpha value is -1.71. The second-order valence-electron chi connectivity index (χ2n) is 4.63. The summed E-state index contributed by atoms with van der Waals surface area (Å²) < 4.78 is 0. The van der Waals surface area contributed by atoms with E-state index in [1.165, 1.54) is 6.07 Å². The highest BCUT2D eigenvalue weighted by molar-refractivity contribution is 5.87. The van der Waals surface area contributed by atoms with Crippen molar-refractivity contribution in [3.63, 3.8) is 0 Å². The first-order valence-electron chi connectivity index (χ1n) is 5.87. The number of nitro groups is 1. The number of carbonyl (C=O) groups excluding carboxylic acids is 1. The molecule has 2 unspecified atom stereocenters. The van der Waals surface area contributed by atoms with E-state index in [0.29, 0.717) is 12.0 Å². The Bertz CT molecular complexity index is 456. The van der Waals surface area contributed by atoms with E-state index < -0.39 is 4.92 Å². The molecule has 4 nitrogen and oxygen atoms in total. The van der Waals surface area contributed by atoms with Crippen LogP contribution in [-0.4, -0.2) is 10.7 Å². The topological polar surface area (TPSA) is 60.2 Å². The number of Topliss-reactive ketones (excluding diaryl/α,β-unsaturated/α-hetero) is 1. The molecule has 2 atom stereocenters. The van der Waals surface area contributed by atoms with Gasteiger partial charge in [-0.2, -0.15) is 0 Å². The number of nitrogens with zero attached hydrogens (tertiary/aromatic N) is 1. The van der Waals surface area contributed by atoms with E-state index in [9.17, 15) is 14.9 Å². The summed E-state index contributed by atoms with van der Waals surface area (Å²) in [6.07, 6.45) is 2.40. The summed E-state index contributed by atoms with van der Waals surface area (Å²) >= 11 is 0. The average molecular weight is 233 g/mol. The third-order valence-electron chi connectivity index (χ3n) is 3.47. The number of hydrogen-bond donors (Lipinski definition) is 0. The van der Waals surface area contributed by atoms with Crippen LogP contribution < -0.4 is 0 Å². The lowest BCUT2D eigenvalue weighted by Crippen LogP contribution is -2.25. The first kappa shape index (κ1) is 11.8. The number of para-hydroxylation sites is 1. The molecule has 1 aromatic carbocycles. The lowest BCUT2D eigenvalue weighted by atomic mass is 9.75. The number of rotatable bonds is 2. The number of ketones is 1. The van der Waals surface area contributed by atoms with Crippen molar-refractivity contribution in [1.82, 2.24) is 0 Å². The zero-order valence-corrected chi connectivity index (χ0v) is 9.76. The first-order chi connectivity index (χ1) is 8.11. The lowest BCUT2D eigenvalue weighted by molar-refractivity contribution is -0.385. The monoisotopic (exact) mass is 233 g/mol. The predicted molar refractivity (Wildman–Crippen MR) is 63.9 cm³/mol. The van der Waals surface area contributed by atoms with Crippen molar-refractivity contribution in [3.8, 4) is 0 Å². The molecule has 0 spiro atoms. The molecule has 90 valence electrons. The molecule has 17 heavy (non-hydrogen) atoms. The Morgan fingerprint density at radius 3 is 2.71 bits per heavy atom. The molecule has 0 aromatic heterocycles. The van der Waals surface area contributed by atoms with Gasteiger partial charge in [-0.05, 0) is 18.8 Å². The van der Waals surface area contributed by atoms with Crippen molar-refractivity contribution in [3.05, 3.63) is 39.9 Å². The van der Waals surface area contributed by atoms with Crippen LogP contribution >= 0.6 is 0 Å². The zero-order valence-electron chi connectivity index (χ0n) is 9.76. The van der Waals surface area contributed by atoms with Gasteiger partial charge >= 0.3 is 0 Å². The highest BCUT2D eigenvalue weighted by Gasteiger charge is 2.34. The molecule has 0 saturated heterocycles. The Kier molecular flexibility index (Phi) is 3.22. The maximum atomic E-state index is 12.0. The second-order valence-corrected chi connectivity index (χ2v) is 4.63. The fraction of sp³-hybridized carbons (Fsp3) is 0.462. The lowest BCUT2D eigenvalue weighted by Gasteiger charge is -2.27. The van der Waals surface area contributed by atoms with Crippen molar-refractivity contribution in [1.29, 1.82) is 0 Å². The Labute approximate surface area is 99.8 Å². The summed E-state index contributed by atoms with van der Waals surface area (Å²) in [5, 5.41) is 11.0. The quantitative estimate of drug-likeness (QED) is 0.582. The third-order valence-corrected chi connectivity index (χ3v) is 3.47. The van der Waals surface area contributed by atoms with Crippen LogP contribution in [0, 0.1) is 16.0 Å². The minimum absolute atomic E-state index is 0.0691. The minimum atomic E-state index is -0.399. The van der Waals surface area contributed by atoms with E-state index in [1.54, 1.807) is 18.2 Å². The van der Waals surface area contributed by atoms with Crippen molar-refractivity contribution in [2.24, 2.45) is 5.92 Å². The normalized spacial score (nSPS) is 24.6. The summed E-state index contributed by atoms with van der Waals surface area (Å²) in [4.78, 5) is 22.5. The molecule has 0 amide bonds. The van der Waals surface area contributed by atoms with Crippen molar-refractivity contribution < 1.29 is 9.72 Å². The molecule has 0 N–H and O–H groups in total. The molecule has 1 aromatic rings. The van der Waals surface area contributed by atoms with Gasteiger partial charge in [0.2, 0.25) is 0 Å². The third kappa shape index (κ3) is 2.20. The number of carbonyl (C=O) groups is 1. The Morgan fingerprint density at radius 2 is 2.06 bits per heavy atom. The molecule has 1 aliphatic rings. The molecule has 0 radical (unpaired) electrons. The van der Waals surface area contributed by atoms with Crippen LogP contribution in [0.15, 0.2) is 24.3 Å².